The van der Waals surface area contributed by atoms with Crippen LogP contribution in [0.5, 0.6) is 5.75 Å². The maximum Gasteiger partial charge on any atom is 0.265 e. The maximum atomic E-state index is 12.7. The van der Waals surface area contributed by atoms with Gasteiger partial charge in [-0.3, -0.25) is 9.59 Å². The van der Waals surface area contributed by atoms with Crippen LogP contribution in [0.2, 0.25) is 0 Å². The molecule has 0 N–H and O–H groups in total. The average molecular weight is 350 g/mol. The molecule has 5 nitrogen and oxygen atoms in total. The highest BCUT2D eigenvalue weighted by molar-refractivity contribution is 5.97. The summed E-state index contributed by atoms with van der Waals surface area (Å²) >= 11 is 0. The first-order valence-electron chi connectivity index (χ1n) is 9.06. The van der Waals surface area contributed by atoms with Gasteiger partial charge < -0.3 is 14.5 Å². The minimum absolute atomic E-state index is 0.000661. The lowest BCUT2D eigenvalue weighted by atomic mass is 10.1. The molecule has 134 valence electrons. The van der Waals surface area contributed by atoms with Crippen LogP contribution < -0.4 is 14.5 Å². The van der Waals surface area contributed by atoms with Crippen molar-refractivity contribution in [1.82, 2.24) is 0 Å². The van der Waals surface area contributed by atoms with E-state index in [-0.39, 0.29) is 24.5 Å². The van der Waals surface area contributed by atoms with Crippen molar-refractivity contribution in [2.24, 2.45) is 0 Å². The fourth-order valence-electron chi connectivity index (χ4n) is 3.80. The topological polar surface area (TPSA) is 49.9 Å². The number of amides is 2. The molecule has 2 aliphatic heterocycles. The van der Waals surface area contributed by atoms with E-state index in [4.69, 9.17) is 4.74 Å². The van der Waals surface area contributed by atoms with Gasteiger partial charge in [-0.2, -0.15) is 0 Å². The molecule has 2 aliphatic rings. The highest BCUT2D eigenvalue weighted by atomic mass is 16.5. The molecule has 0 unspecified atom stereocenters. The number of carbonyl (C=O) groups is 2. The van der Waals surface area contributed by atoms with Gasteiger partial charge in [-0.1, -0.05) is 18.2 Å². The summed E-state index contributed by atoms with van der Waals surface area (Å²) in [6, 6.07) is 15.5. The van der Waals surface area contributed by atoms with Gasteiger partial charge in [0, 0.05) is 30.4 Å². The van der Waals surface area contributed by atoms with Crippen molar-refractivity contribution in [3.63, 3.8) is 0 Å². The van der Waals surface area contributed by atoms with Gasteiger partial charge in [0.05, 0.1) is 0 Å². The number of carbonyl (C=O) groups excluding carboxylic acids is 2. The Balaban J connectivity index is 1.40. The number of hydrogen-bond donors (Lipinski definition) is 0. The summed E-state index contributed by atoms with van der Waals surface area (Å²) < 4.78 is 5.69. The number of para-hydroxylation sites is 1. The molecule has 2 aromatic carbocycles. The van der Waals surface area contributed by atoms with Crippen molar-refractivity contribution in [1.29, 1.82) is 0 Å². The van der Waals surface area contributed by atoms with Gasteiger partial charge in [0.25, 0.3) is 5.91 Å². The highest BCUT2D eigenvalue weighted by Crippen LogP contribution is 2.32. The maximum absolute atomic E-state index is 12.7. The number of fused-ring (bicyclic) bond motifs is 1. The first kappa shape index (κ1) is 16.6. The number of nitrogens with zero attached hydrogens (tertiary/aromatic N) is 2. The van der Waals surface area contributed by atoms with E-state index in [1.165, 1.54) is 5.56 Å². The number of hydrogen-bond acceptors (Lipinski definition) is 3. The van der Waals surface area contributed by atoms with Crippen LogP contribution in [0.3, 0.4) is 0 Å². The third-order valence-corrected chi connectivity index (χ3v) is 5.06. The van der Waals surface area contributed by atoms with Crippen LogP contribution >= 0.6 is 0 Å². The Morgan fingerprint density at radius 2 is 1.92 bits per heavy atom. The normalized spacial score (nSPS) is 19.0. The fraction of sp³-hybridized carbons (Fsp3) is 0.333. The average Bonchev–Trinajstić information content (AvgIpc) is 3.22. The molecule has 1 atom stereocenters. The smallest absolute Gasteiger partial charge is 0.265 e. The van der Waals surface area contributed by atoms with Crippen LogP contribution in [0.1, 0.15) is 25.3 Å². The van der Waals surface area contributed by atoms with E-state index in [0.717, 1.165) is 30.8 Å². The van der Waals surface area contributed by atoms with E-state index in [1.807, 2.05) is 47.4 Å². The molecule has 2 heterocycles. The quantitative estimate of drug-likeness (QED) is 0.851. The highest BCUT2D eigenvalue weighted by Gasteiger charge is 2.30. The van der Waals surface area contributed by atoms with Gasteiger partial charge in [-0.15, -0.1) is 0 Å². The summed E-state index contributed by atoms with van der Waals surface area (Å²) in [5.74, 6) is 0.755. The molecule has 1 saturated heterocycles. The molecular weight excluding hydrogens is 328 g/mol. The molecule has 0 bridgehead atoms. The predicted octanol–water partition coefficient (Wildman–Crippen LogP) is 3.17. The molecule has 5 heteroatoms. The summed E-state index contributed by atoms with van der Waals surface area (Å²) in [4.78, 5) is 28.1. The minimum atomic E-state index is -0.0405. The standard InChI is InChI=1S/C21H22N2O3/c1-15-13-16-5-2-3-6-19(16)23(15)21(25)14-26-18-10-8-17(9-11-18)22-12-4-7-20(22)24/h2-3,5-6,8-11,15H,4,7,12-14H2,1H3/t15-/m0/s1. The third-order valence-electron chi connectivity index (χ3n) is 5.06. The Morgan fingerprint density at radius 1 is 1.15 bits per heavy atom. The largest absolute Gasteiger partial charge is 0.484 e. The Kier molecular flexibility index (Phi) is 4.37. The van der Waals surface area contributed by atoms with Crippen molar-refractivity contribution in [2.45, 2.75) is 32.2 Å². The van der Waals surface area contributed by atoms with Gasteiger partial charge in [0.1, 0.15) is 5.75 Å². The molecule has 0 radical (unpaired) electrons. The molecule has 1 fully saturated rings. The van der Waals surface area contributed by atoms with E-state index < -0.39 is 0 Å². The van der Waals surface area contributed by atoms with Crippen LogP contribution in [-0.4, -0.2) is 31.0 Å². The first-order valence-corrected chi connectivity index (χ1v) is 9.06. The van der Waals surface area contributed by atoms with Crippen molar-refractivity contribution in [2.75, 3.05) is 23.0 Å². The second kappa shape index (κ2) is 6.83. The summed E-state index contributed by atoms with van der Waals surface area (Å²) in [6.45, 7) is 2.82. The van der Waals surface area contributed by atoms with Crippen LogP contribution in [0.25, 0.3) is 0 Å². The molecule has 0 saturated carbocycles. The van der Waals surface area contributed by atoms with E-state index in [0.29, 0.717) is 12.2 Å². The number of rotatable bonds is 4. The first-order chi connectivity index (χ1) is 12.6. The Morgan fingerprint density at radius 3 is 2.65 bits per heavy atom. The number of ether oxygens (including phenoxy) is 1. The SMILES string of the molecule is C[C@H]1Cc2ccccc2N1C(=O)COc1ccc(N2CCCC2=O)cc1. The Bertz CT molecular complexity index is 831. The molecule has 2 amide bonds. The van der Waals surface area contributed by atoms with Crippen LogP contribution in [0.4, 0.5) is 11.4 Å². The van der Waals surface area contributed by atoms with Gasteiger partial charge in [0.2, 0.25) is 5.91 Å². The van der Waals surface area contributed by atoms with E-state index in [1.54, 1.807) is 4.90 Å². The molecule has 2 aromatic rings. The zero-order valence-corrected chi connectivity index (χ0v) is 14.9. The second-order valence-electron chi connectivity index (χ2n) is 6.88. The van der Waals surface area contributed by atoms with E-state index in [9.17, 15) is 9.59 Å². The van der Waals surface area contributed by atoms with Gasteiger partial charge in [-0.25, -0.2) is 0 Å². The molecule has 0 aromatic heterocycles. The van der Waals surface area contributed by atoms with Crippen molar-refractivity contribution in [3.05, 3.63) is 54.1 Å². The Hall–Kier alpha value is -2.82. The van der Waals surface area contributed by atoms with Gasteiger partial charge >= 0.3 is 0 Å². The van der Waals surface area contributed by atoms with Gasteiger partial charge in [-0.05, 0) is 55.7 Å². The Labute approximate surface area is 153 Å². The van der Waals surface area contributed by atoms with E-state index >= 15 is 0 Å². The summed E-state index contributed by atoms with van der Waals surface area (Å²) in [7, 11) is 0. The van der Waals surface area contributed by atoms with Crippen molar-refractivity contribution in [3.8, 4) is 5.75 Å². The summed E-state index contributed by atoms with van der Waals surface area (Å²) in [6.07, 6.45) is 2.39. The van der Waals surface area contributed by atoms with E-state index in [2.05, 4.69) is 13.0 Å². The van der Waals surface area contributed by atoms with Crippen LogP contribution in [0.15, 0.2) is 48.5 Å². The monoisotopic (exact) mass is 350 g/mol. The lowest BCUT2D eigenvalue weighted by Crippen LogP contribution is -2.39. The van der Waals surface area contributed by atoms with Crippen LogP contribution in [-0.2, 0) is 16.0 Å². The van der Waals surface area contributed by atoms with Crippen LogP contribution in [0, 0.1) is 0 Å². The lowest BCUT2D eigenvalue weighted by Gasteiger charge is -2.23. The molecule has 0 spiro atoms. The molecule has 26 heavy (non-hydrogen) atoms. The minimum Gasteiger partial charge on any atom is -0.484 e. The predicted molar refractivity (Wildman–Crippen MR) is 101 cm³/mol. The molecular formula is C21H22N2O3. The molecule has 4 rings (SSSR count). The van der Waals surface area contributed by atoms with Crippen molar-refractivity contribution < 1.29 is 14.3 Å². The summed E-state index contributed by atoms with van der Waals surface area (Å²) in [5, 5.41) is 0. The summed E-state index contributed by atoms with van der Waals surface area (Å²) in [5.41, 5.74) is 3.07. The fourth-order valence-corrected chi connectivity index (χ4v) is 3.80. The molecule has 0 aliphatic carbocycles. The van der Waals surface area contributed by atoms with Crippen molar-refractivity contribution >= 4 is 23.2 Å². The lowest BCUT2D eigenvalue weighted by molar-refractivity contribution is -0.121. The third kappa shape index (κ3) is 3.05. The zero-order valence-electron chi connectivity index (χ0n) is 14.9. The number of benzene rings is 2. The number of anilines is 2. The second-order valence-corrected chi connectivity index (χ2v) is 6.88. The zero-order chi connectivity index (χ0) is 18.1. The van der Waals surface area contributed by atoms with Gasteiger partial charge in [0.15, 0.2) is 6.61 Å².